The minimum atomic E-state index is -3.51. The van der Waals surface area contributed by atoms with Crippen LogP contribution in [0.5, 0.6) is 0 Å². The molecule has 0 amide bonds. The van der Waals surface area contributed by atoms with Crippen molar-refractivity contribution in [2.75, 3.05) is 6.54 Å². The van der Waals surface area contributed by atoms with Crippen LogP contribution in [0.4, 0.5) is 0 Å². The summed E-state index contributed by atoms with van der Waals surface area (Å²) < 4.78 is 26.6. The monoisotopic (exact) mass is 282 g/mol. The average Bonchev–Trinajstić information content (AvgIpc) is 2.35. The third kappa shape index (κ3) is 3.43. The number of sulfonamides is 1. The summed E-state index contributed by atoms with van der Waals surface area (Å²) in [6.45, 7) is 9.85. The van der Waals surface area contributed by atoms with E-state index in [9.17, 15) is 8.42 Å². The van der Waals surface area contributed by atoms with Gasteiger partial charge in [0.1, 0.15) is 0 Å². The SMILES string of the molecule is C=CCN(C(C)C)S(=O)(=O)c1ccc(C)c(CN)c1. The molecule has 2 N–H and O–H groups in total. The lowest BCUT2D eigenvalue weighted by molar-refractivity contribution is 0.383. The van der Waals surface area contributed by atoms with Crippen LogP contribution >= 0.6 is 0 Å². The number of aryl methyl sites for hydroxylation is 1. The summed E-state index contributed by atoms with van der Waals surface area (Å²) in [6, 6.07) is 4.96. The Balaban J connectivity index is 3.29. The van der Waals surface area contributed by atoms with Crippen molar-refractivity contribution >= 4 is 10.0 Å². The van der Waals surface area contributed by atoms with Gasteiger partial charge in [0.15, 0.2) is 0 Å². The number of benzene rings is 1. The lowest BCUT2D eigenvalue weighted by Crippen LogP contribution is -2.37. The third-order valence-electron chi connectivity index (χ3n) is 3.03. The van der Waals surface area contributed by atoms with Crippen LogP contribution in [0.1, 0.15) is 25.0 Å². The molecule has 1 aromatic carbocycles. The van der Waals surface area contributed by atoms with E-state index in [-0.39, 0.29) is 10.9 Å². The molecule has 0 saturated heterocycles. The minimum absolute atomic E-state index is 0.120. The van der Waals surface area contributed by atoms with Crippen LogP contribution in [-0.2, 0) is 16.6 Å². The highest BCUT2D eigenvalue weighted by atomic mass is 32.2. The van der Waals surface area contributed by atoms with Crippen LogP contribution in [0, 0.1) is 6.92 Å². The van der Waals surface area contributed by atoms with Crippen LogP contribution in [-0.4, -0.2) is 25.3 Å². The van der Waals surface area contributed by atoms with Gasteiger partial charge < -0.3 is 5.73 Å². The van der Waals surface area contributed by atoms with Crippen LogP contribution in [0.3, 0.4) is 0 Å². The van der Waals surface area contributed by atoms with Crippen LogP contribution in [0.25, 0.3) is 0 Å². The van der Waals surface area contributed by atoms with Gasteiger partial charge in [0.05, 0.1) is 4.90 Å². The van der Waals surface area contributed by atoms with Gasteiger partial charge in [-0.2, -0.15) is 4.31 Å². The Hall–Kier alpha value is -1.17. The lowest BCUT2D eigenvalue weighted by Gasteiger charge is -2.25. The van der Waals surface area contributed by atoms with Gasteiger partial charge in [-0.15, -0.1) is 6.58 Å². The molecule has 0 aliphatic heterocycles. The van der Waals surface area contributed by atoms with E-state index in [4.69, 9.17) is 5.73 Å². The fraction of sp³-hybridized carbons (Fsp3) is 0.429. The average molecular weight is 282 g/mol. The molecule has 0 saturated carbocycles. The maximum atomic E-state index is 12.6. The molecule has 0 aliphatic carbocycles. The topological polar surface area (TPSA) is 63.4 Å². The molecule has 1 aromatic rings. The van der Waals surface area contributed by atoms with E-state index >= 15 is 0 Å². The van der Waals surface area contributed by atoms with Crippen LogP contribution < -0.4 is 5.73 Å². The standard InChI is InChI=1S/C14H22N2O2S/c1-5-8-16(11(2)3)19(17,18)14-7-6-12(4)13(9-14)10-15/h5-7,9,11H,1,8,10,15H2,2-4H3. The molecule has 0 radical (unpaired) electrons. The third-order valence-corrected chi connectivity index (χ3v) is 5.07. The molecule has 4 nitrogen and oxygen atoms in total. The summed E-state index contributed by atoms with van der Waals surface area (Å²) >= 11 is 0. The Labute approximate surface area is 116 Å². The van der Waals surface area contributed by atoms with Crippen molar-refractivity contribution < 1.29 is 8.42 Å². The smallest absolute Gasteiger partial charge is 0.243 e. The molecule has 1 rings (SSSR count). The Morgan fingerprint density at radius 1 is 1.42 bits per heavy atom. The Kier molecular flexibility index (Phi) is 5.29. The molecule has 19 heavy (non-hydrogen) atoms. The second-order valence-electron chi connectivity index (χ2n) is 4.75. The molecule has 0 aromatic heterocycles. The fourth-order valence-corrected chi connectivity index (χ4v) is 3.54. The maximum Gasteiger partial charge on any atom is 0.243 e. The van der Waals surface area contributed by atoms with Crippen LogP contribution in [0.2, 0.25) is 0 Å². The normalized spacial score (nSPS) is 12.1. The zero-order valence-electron chi connectivity index (χ0n) is 11.8. The van der Waals surface area contributed by atoms with Crippen molar-refractivity contribution in [1.29, 1.82) is 0 Å². The lowest BCUT2D eigenvalue weighted by atomic mass is 10.1. The van der Waals surface area contributed by atoms with Crippen molar-refractivity contribution in [2.45, 2.75) is 38.3 Å². The van der Waals surface area contributed by atoms with Gasteiger partial charge in [0.2, 0.25) is 10.0 Å². The predicted octanol–water partition coefficient (Wildman–Crippen LogP) is 2.04. The number of hydrogen-bond donors (Lipinski definition) is 1. The van der Waals surface area contributed by atoms with Gasteiger partial charge in [-0.1, -0.05) is 12.1 Å². The van der Waals surface area contributed by atoms with E-state index < -0.39 is 10.0 Å². The van der Waals surface area contributed by atoms with Gasteiger partial charge in [0.25, 0.3) is 0 Å². The highest BCUT2D eigenvalue weighted by molar-refractivity contribution is 7.89. The van der Waals surface area contributed by atoms with E-state index in [2.05, 4.69) is 6.58 Å². The summed E-state index contributed by atoms with van der Waals surface area (Å²) in [5.74, 6) is 0. The molecule has 106 valence electrons. The Morgan fingerprint density at radius 3 is 2.53 bits per heavy atom. The van der Waals surface area contributed by atoms with Crippen molar-refractivity contribution in [1.82, 2.24) is 4.31 Å². The van der Waals surface area contributed by atoms with Crippen molar-refractivity contribution in [3.8, 4) is 0 Å². The summed E-state index contributed by atoms with van der Waals surface area (Å²) in [4.78, 5) is 0.286. The molecule has 0 bridgehead atoms. The highest BCUT2D eigenvalue weighted by Gasteiger charge is 2.26. The molecule has 0 fully saturated rings. The second kappa shape index (κ2) is 6.32. The molecule has 0 heterocycles. The highest BCUT2D eigenvalue weighted by Crippen LogP contribution is 2.21. The quantitative estimate of drug-likeness (QED) is 0.812. The fourth-order valence-electron chi connectivity index (χ4n) is 1.88. The van der Waals surface area contributed by atoms with E-state index in [0.717, 1.165) is 11.1 Å². The first-order valence-corrected chi connectivity index (χ1v) is 7.71. The molecule has 0 atom stereocenters. The maximum absolute atomic E-state index is 12.6. The molecule has 0 aliphatic rings. The van der Waals surface area contributed by atoms with Gasteiger partial charge >= 0.3 is 0 Å². The van der Waals surface area contributed by atoms with Gasteiger partial charge in [-0.3, -0.25) is 0 Å². The first-order valence-electron chi connectivity index (χ1n) is 6.27. The van der Waals surface area contributed by atoms with Crippen molar-refractivity contribution in [3.05, 3.63) is 42.0 Å². The second-order valence-corrected chi connectivity index (χ2v) is 6.64. The van der Waals surface area contributed by atoms with Gasteiger partial charge in [0, 0.05) is 19.1 Å². The summed E-state index contributed by atoms with van der Waals surface area (Å²) in [5, 5.41) is 0. The Bertz CT molecular complexity index is 551. The van der Waals surface area contributed by atoms with Crippen molar-refractivity contribution in [3.63, 3.8) is 0 Å². The first-order chi connectivity index (χ1) is 8.84. The number of hydrogen-bond acceptors (Lipinski definition) is 3. The van der Waals surface area contributed by atoms with Gasteiger partial charge in [-0.25, -0.2) is 8.42 Å². The van der Waals surface area contributed by atoms with Gasteiger partial charge in [-0.05, 0) is 44.0 Å². The number of nitrogens with zero attached hydrogens (tertiary/aromatic N) is 1. The molecule has 0 unspecified atom stereocenters. The molecule has 0 spiro atoms. The zero-order chi connectivity index (χ0) is 14.6. The minimum Gasteiger partial charge on any atom is -0.326 e. The number of nitrogens with two attached hydrogens (primary N) is 1. The van der Waals surface area contributed by atoms with E-state index in [1.165, 1.54) is 4.31 Å². The Morgan fingerprint density at radius 2 is 2.05 bits per heavy atom. The predicted molar refractivity (Wildman–Crippen MR) is 78.3 cm³/mol. The summed E-state index contributed by atoms with van der Waals surface area (Å²) in [6.07, 6.45) is 1.59. The zero-order valence-corrected chi connectivity index (χ0v) is 12.6. The first kappa shape index (κ1) is 15.9. The van der Waals surface area contributed by atoms with E-state index in [1.807, 2.05) is 20.8 Å². The van der Waals surface area contributed by atoms with Crippen LogP contribution in [0.15, 0.2) is 35.7 Å². The molecular weight excluding hydrogens is 260 g/mol. The summed E-state index contributed by atoms with van der Waals surface area (Å²) in [7, 11) is -3.51. The largest absolute Gasteiger partial charge is 0.326 e. The van der Waals surface area contributed by atoms with Crippen molar-refractivity contribution in [2.24, 2.45) is 5.73 Å². The summed E-state index contributed by atoms with van der Waals surface area (Å²) in [5.41, 5.74) is 7.48. The van der Waals surface area contributed by atoms with E-state index in [1.54, 1.807) is 24.3 Å². The number of rotatable bonds is 6. The van der Waals surface area contributed by atoms with E-state index in [0.29, 0.717) is 13.1 Å². The molecular formula is C14H22N2O2S. The molecule has 5 heteroatoms.